The molecule has 0 aliphatic heterocycles. The van der Waals surface area contributed by atoms with Gasteiger partial charge in [0.05, 0.1) is 6.54 Å². The van der Waals surface area contributed by atoms with Crippen molar-refractivity contribution in [1.29, 1.82) is 0 Å². The van der Waals surface area contributed by atoms with Crippen molar-refractivity contribution in [3.8, 4) is 23.1 Å². The SMILES string of the molecule is CN(CC=C(C#Cc1ccc(-c2ccc[nH]2)cc1)c1ccccc1)CC(=O)O. The summed E-state index contributed by atoms with van der Waals surface area (Å²) in [5.41, 5.74) is 5.01. The molecule has 0 amide bonds. The number of benzene rings is 2. The van der Waals surface area contributed by atoms with Gasteiger partial charge < -0.3 is 10.1 Å². The van der Waals surface area contributed by atoms with Gasteiger partial charge in [0.2, 0.25) is 0 Å². The van der Waals surface area contributed by atoms with E-state index in [9.17, 15) is 4.79 Å². The molecule has 0 aliphatic rings. The molecule has 0 spiro atoms. The Hall–Kier alpha value is -3.55. The number of nitrogens with one attached hydrogen (secondary N) is 1. The summed E-state index contributed by atoms with van der Waals surface area (Å²) in [5, 5.41) is 8.92. The summed E-state index contributed by atoms with van der Waals surface area (Å²) in [6, 6.07) is 22.0. The summed E-state index contributed by atoms with van der Waals surface area (Å²) in [7, 11) is 1.78. The third-order valence-electron chi connectivity index (χ3n) is 4.23. The van der Waals surface area contributed by atoms with E-state index in [1.54, 1.807) is 11.9 Å². The van der Waals surface area contributed by atoms with E-state index in [1.807, 2.05) is 79.0 Å². The van der Waals surface area contributed by atoms with E-state index in [0.29, 0.717) is 6.54 Å². The van der Waals surface area contributed by atoms with E-state index in [2.05, 4.69) is 16.8 Å². The largest absolute Gasteiger partial charge is 0.480 e. The molecule has 1 heterocycles. The van der Waals surface area contributed by atoms with Crippen LogP contribution in [0, 0.1) is 11.8 Å². The lowest BCUT2D eigenvalue weighted by molar-refractivity contribution is -0.137. The Morgan fingerprint density at radius 1 is 1.07 bits per heavy atom. The second kappa shape index (κ2) is 9.40. The number of carboxylic acid groups (broad SMARTS) is 1. The van der Waals surface area contributed by atoms with E-state index in [0.717, 1.165) is 28.0 Å². The van der Waals surface area contributed by atoms with E-state index in [-0.39, 0.29) is 6.54 Å². The van der Waals surface area contributed by atoms with Crippen LogP contribution in [0.2, 0.25) is 0 Å². The molecule has 2 aromatic carbocycles. The first kappa shape index (κ1) is 19.2. The molecule has 3 rings (SSSR count). The fourth-order valence-corrected chi connectivity index (χ4v) is 2.78. The first-order valence-electron chi connectivity index (χ1n) is 9.03. The fraction of sp³-hybridized carbons (Fsp3) is 0.125. The predicted octanol–water partition coefficient (Wildman–Crippen LogP) is 4.13. The van der Waals surface area contributed by atoms with Crippen LogP contribution in [0.3, 0.4) is 0 Å². The van der Waals surface area contributed by atoms with Crippen LogP contribution in [0.25, 0.3) is 16.8 Å². The average Bonchev–Trinajstić information content (AvgIpc) is 3.23. The van der Waals surface area contributed by atoms with Crippen LogP contribution in [0.1, 0.15) is 11.1 Å². The minimum absolute atomic E-state index is 0.00773. The number of hydrogen-bond donors (Lipinski definition) is 2. The first-order valence-corrected chi connectivity index (χ1v) is 9.03. The zero-order chi connectivity index (χ0) is 19.8. The van der Waals surface area contributed by atoms with Crippen LogP contribution < -0.4 is 0 Å². The zero-order valence-electron chi connectivity index (χ0n) is 15.7. The van der Waals surface area contributed by atoms with Crippen LogP contribution in [-0.2, 0) is 4.79 Å². The maximum absolute atomic E-state index is 10.9. The monoisotopic (exact) mass is 370 g/mol. The van der Waals surface area contributed by atoms with Gasteiger partial charge in [0.1, 0.15) is 0 Å². The number of carbonyl (C=O) groups is 1. The Bertz CT molecular complexity index is 992. The Morgan fingerprint density at radius 3 is 2.46 bits per heavy atom. The molecule has 0 saturated carbocycles. The molecule has 0 radical (unpaired) electrons. The third-order valence-corrected chi connectivity index (χ3v) is 4.23. The van der Waals surface area contributed by atoms with Gasteiger partial charge in [-0.2, -0.15) is 0 Å². The molecule has 3 aromatic rings. The van der Waals surface area contributed by atoms with Gasteiger partial charge in [0.15, 0.2) is 0 Å². The molecule has 0 fully saturated rings. The number of aromatic nitrogens is 1. The molecule has 2 N–H and O–H groups in total. The highest BCUT2D eigenvalue weighted by Gasteiger charge is 2.04. The maximum Gasteiger partial charge on any atom is 0.317 e. The lowest BCUT2D eigenvalue weighted by atomic mass is 10.0. The molecule has 140 valence electrons. The second-order valence-corrected chi connectivity index (χ2v) is 6.49. The van der Waals surface area contributed by atoms with Crippen molar-refractivity contribution in [2.75, 3.05) is 20.1 Å². The van der Waals surface area contributed by atoms with Gasteiger partial charge >= 0.3 is 5.97 Å². The van der Waals surface area contributed by atoms with Crippen molar-refractivity contribution in [3.05, 3.63) is 90.1 Å². The van der Waals surface area contributed by atoms with Crippen molar-refractivity contribution in [2.45, 2.75) is 0 Å². The van der Waals surface area contributed by atoms with Crippen molar-refractivity contribution >= 4 is 11.5 Å². The quantitative estimate of drug-likeness (QED) is 0.642. The van der Waals surface area contributed by atoms with E-state index >= 15 is 0 Å². The normalized spacial score (nSPS) is 11.1. The Morgan fingerprint density at radius 2 is 1.82 bits per heavy atom. The molecule has 4 heteroatoms. The van der Waals surface area contributed by atoms with E-state index in [1.165, 1.54) is 0 Å². The summed E-state index contributed by atoms with van der Waals surface area (Å²) in [4.78, 5) is 15.8. The first-order chi connectivity index (χ1) is 13.6. The highest BCUT2D eigenvalue weighted by atomic mass is 16.4. The minimum Gasteiger partial charge on any atom is -0.480 e. The molecular formula is C24H22N2O2. The molecular weight excluding hydrogens is 348 g/mol. The number of hydrogen-bond acceptors (Lipinski definition) is 2. The molecule has 0 saturated heterocycles. The van der Waals surface area contributed by atoms with Gasteiger partial charge in [0, 0.05) is 29.6 Å². The van der Waals surface area contributed by atoms with Gasteiger partial charge in [-0.25, -0.2) is 0 Å². The second-order valence-electron chi connectivity index (χ2n) is 6.49. The smallest absolute Gasteiger partial charge is 0.317 e. The molecule has 0 aliphatic carbocycles. The van der Waals surface area contributed by atoms with Crippen molar-refractivity contribution in [2.24, 2.45) is 0 Å². The van der Waals surface area contributed by atoms with Crippen LogP contribution in [0.15, 0.2) is 79.0 Å². The summed E-state index contributed by atoms with van der Waals surface area (Å²) in [5.74, 6) is 5.62. The number of carboxylic acids is 1. The van der Waals surface area contributed by atoms with Crippen molar-refractivity contribution in [3.63, 3.8) is 0 Å². The topological polar surface area (TPSA) is 56.3 Å². The summed E-state index contributed by atoms with van der Waals surface area (Å²) < 4.78 is 0. The Kier molecular flexibility index (Phi) is 6.46. The highest BCUT2D eigenvalue weighted by molar-refractivity contribution is 5.80. The van der Waals surface area contributed by atoms with Crippen LogP contribution in [0.5, 0.6) is 0 Å². The summed E-state index contributed by atoms with van der Waals surface area (Å²) in [6.45, 7) is 0.503. The number of likely N-dealkylation sites (N-methyl/N-ethyl adjacent to an activating group) is 1. The molecule has 1 aromatic heterocycles. The molecule has 0 unspecified atom stereocenters. The van der Waals surface area contributed by atoms with Crippen molar-refractivity contribution in [1.82, 2.24) is 9.88 Å². The van der Waals surface area contributed by atoms with Gasteiger partial charge in [-0.3, -0.25) is 9.69 Å². The lowest BCUT2D eigenvalue weighted by Crippen LogP contribution is -2.25. The maximum atomic E-state index is 10.9. The predicted molar refractivity (Wildman–Crippen MR) is 113 cm³/mol. The van der Waals surface area contributed by atoms with Gasteiger partial charge in [-0.05, 0) is 42.4 Å². The lowest BCUT2D eigenvalue weighted by Gasteiger charge is -2.11. The zero-order valence-corrected chi connectivity index (χ0v) is 15.7. The van der Waals surface area contributed by atoms with Crippen LogP contribution >= 0.6 is 0 Å². The minimum atomic E-state index is -0.842. The van der Waals surface area contributed by atoms with Crippen LogP contribution in [0.4, 0.5) is 0 Å². The van der Waals surface area contributed by atoms with Crippen LogP contribution in [-0.4, -0.2) is 41.1 Å². The number of rotatable bonds is 6. The van der Waals surface area contributed by atoms with E-state index < -0.39 is 5.97 Å². The van der Waals surface area contributed by atoms with Gasteiger partial charge in [0.25, 0.3) is 0 Å². The van der Waals surface area contributed by atoms with Crippen molar-refractivity contribution < 1.29 is 9.90 Å². The number of H-pyrrole nitrogens is 1. The summed E-state index contributed by atoms with van der Waals surface area (Å²) in [6.07, 6.45) is 3.87. The standard InChI is InChI=1S/C24H22N2O2/c1-26(18-24(27)28)17-15-21(20-6-3-2-4-7-20)12-9-19-10-13-22(14-11-19)23-8-5-16-25-23/h2-8,10-11,13-16,25H,17-18H2,1H3,(H,27,28). The Labute approximate surface area is 165 Å². The molecule has 0 bridgehead atoms. The highest BCUT2D eigenvalue weighted by Crippen LogP contribution is 2.18. The Balaban J connectivity index is 1.81. The van der Waals surface area contributed by atoms with Gasteiger partial charge in [-0.15, -0.1) is 0 Å². The number of aliphatic carboxylic acids is 1. The average molecular weight is 370 g/mol. The molecule has 28 heavy (non-hydrogen) atoms. The van der Waals surface area contributed by atoms with Gasteiger partial charge in [-0.1, -0.05) is 60.4 Å². The molecule has 0 atom stereocenters. The number of nitrogens with zero attached hydrogens (tertiary/aromatic N) is 1. The molecule has 4 nitrogen and oxygen atoms in total. The number of aromatic amines is 1. The fourth-order valence-electron chi connectivity index (χ4n) is 2.78. The summed E-state index contributed by atoms with van der Waals surface area (Å²) >= 11 is 0. The third kappa shape index (κ3) is 5.47. The number of allylic oxidation sites excluding steroid dienone is 1. The van der Waals surface area contributed by atoms with E-state index in [4.69, 9.17) is 5.11 Å².